The second-order valence-corrected chi connectivity index (χ2v) is 7.58. The lowest BCUT2D eigenvalue weighted by atomic mass is 10.1. The van der Waals surface area contributed by atoms with Gasteiger partial charge < -0.3 is 15.2 Å². The van der Waals surface area contributed by atoms with Gasteiger partial charge in [-0.2, -0.15) is 4.31 Å². The number of nitrogens with zero attached hydrogens (tertiary/aromatic N) is 2. The molecule has 0 aromatic carbocycles. The lowest BCUT2D eigenvalue weighted by Gasteiger charge is -2.35. The monoisotopic (exact) mass is 314 g/mol. The van der Waals surface area contributed by atoms with Gasteiger partial charge in [0.15, 0.2) is 0 Å². The molecule has 0 radical (unpaired) electrons. The van der Waals surface area contributed by atoms with E-state index in [-0.39, 0.29) is 6.04 Å². The van der Waals surface area contributed by atoms with E-state index in [0.717, 1.165) is 38.2 Å². The van der Waals surface area contributed by atoms with Gasteiger partial charge in [-0.3, -0.25) is 0 Å². The maximum Gasteiger partial charge on any atom is 0.244 e. The van der Waals surface area contributed by atoms with Gasteiger partial charge >= 0.3 is 0 Å². The van der Waals surface area contributed by atoms with Gasteiger partial charge in [0.2, 0.25) is 10.0 Å². The van der Waals surface area contributed by atoms with Gasteiger partial charge in [0.05, 0.1) is 4.90 Å². The average Bonchev–Trinajstić information content (AvgIpc) is 2.96. The molecule has 0 bridgehead atoms. The third-order valence-corrected chi connectivity index (χ3v) is 6.17. The summed E-state index contributed by atoms with van der Waals surface area (Å²) in [6.07, 6.45) is 3.38. The van der Waals surface area contributed by atoms with Crippen LogP contribution >= 0.6 is 0 Å². The molecule has 0 atom stereocenters. The van der Waals surface area contributed by atoms with Crippen molar-refractivity contribution in [2.45, 2.75) is 37.2 Å². The van der Waals surface area contributed by atoms with Crippen LogP contribution in [0.4, 0.5) is 0 Å². The van der Waals surface area contributed by atoms with Crippen LogP contribution in [-0.2, 0) is 16.6 Å². The van der Waals surface area contributed by atoms with Crippen molar-refractivity contribution in [2.24, 2.45) is 0 Å². The minimum atomic E-state index is -3.40. The van der Waals surface area contributed by atoms with E-state index < -0.39 is 10.0 Å². The van der Waals surface area contributed by atoms with Crippen molar-refractivity contribution in [2.75, 3.05) is 33.7 Å². The van der Waals surface area contributed by atoms with E-state index in [2.05, 4.69) is 22.1 Å². The van der Waals surface area contributed by atoms with E-state index in [1.807, 2.05) is 7.05 Å². The molecule has 1 fully saturated rings. The highest BCUT2D eigenvalue weighted by atomic mass is 32.2. The lowest BCUT2D eigenvalue weighted by Crippen LogP contribution is -2.45. The van der Waals surface area contributed by atoms with E-state index in [1.54, 1.807) is 23.6 Å². The zero-order valence-corrected chi connectivity index (χ0v) is 13.9. The Kier molecular flexibility index (Phi) is 5.43. The minimum Gasteiger partial charge on any atom is -0.363 e. The molecule has 1 aliphatic heterocycles. The van der Waals surface area contributed by atoms with Gasteiger partial charge in [-0.05, 0) is 45.6 Å². The largest absolute Gasteiger partial charge is 0.363 e. The molecule has 0 unspecified atom stereocenters. The summed E-state index contributed by atoms with van der Waals surface area (Å²) in [5.41, 5.74) is 0.880. The predicted molar refractivity (Wildman–Crippen MR) is 83.6 cm³/mol. The number of likely N-dealkylation sites (tertiary alicyclic amines) is 1. The molecule has 1 aromatic heterocycles. The second kappa shape index (κ2) is 6.91. The normalized spacial score (nSPS) is 18.5. The number of nitrogens with one attached hydrogen (secondary N) is 2. The SMILES string of the molecule is CCN1CCC(N(C)S(=O)(=O)c2c[nH]c(CNC)c2)CC1. The molecule has 0 aliphatic carbocycles. The number of sulfonamides is 1. The summed E-state index contributed by atoms with van der Waals surface area (Å²) < 4.78 is 26.9. The van der Waals surface area contributed by atoms with Gasteiger partial charge in [0, 0.05) is 31.5 Å². The third-order valence-electron chi connectivity index (χ3n) is 4.28. The number of rotatable bonds is 6. The van der Waals surface area contributed by atoms with Gasteiger partial charge in [-0.1, -0.05) is 6.92 Å². The molecule has 1 aromatic rings. The van der Waals surface area contributed by atoms with Gasteiger partial charge in [-0.15, -0.1) is 0 Å². The first-order chi connectivity index (χ1) is 9.98. The van der Waals surface area contributed by atoms with Gasteiger partial charge in [0.25, 0.3) is 0 Å². The Hall–Kier alpha value is -0.890. The molecule has 7 heteroatoms. The first-order valence-electron chi connectivity index (χ1n) is 7.51. The van der Waals surface area contributed by atoms with Crippen LogP contribution in [0.15, 0.2) is 17.2 Å². The number of H-pyrrole nitrogens is 1. The quantitative estimate of drug-likeness (QED) is 0.816. The number of hydrogen-bond acceptors (Lipinski definition) is 4. The first kappa shape index (κ1) is 16.5. The molecule has 0 saturated carbocycles. The van der Waals surface area contributed by atoms with Crippen LogP contribution < -0.4 is 5.32 Å². The fourth-order valence-electron chi connectivity index (χ4n) is 2.82. The average molecular weight is 314 g/mol. The van der Waals surface area contributed by atoms with Crippen molar-refractivity contribution >= 4 is 10.0 Å². The standard InChI is InChI=1S/C14H26N4O2S/c1-4-18-7-5-13(6-8-18)17(3)21(19,20)14-9-12(10-15-2)16-11-14/h9,11,13,15-16H,4-8,10H2,1-3H3. The summed E-state index contributed by atoms with van der Waals surface area (Å²) in [5, 5.41) is 3.01. The van der Waals surface area contributed by atoms with Crippen molar-refractivity contribution in [1.29, 1.82) is 0 Å². The topological polar surface area (TPSA) is 68.4 Å². The van der Waals surface area contributed by atoms with Crippen molar-refractivity contribution in [3.8, 4) is 0 Å². The van der Waals surface area contributed by atoms with Crippen LogP contribution in [0.3, 0.4) is 0 Å². The Morgan fingerprint density at radius 3 is 2.67 bits per heavy atom. The van der Waals surface area contributed by atoms with Crippen LogP contribution in [0.2, 0.25) is 0 Å². The molecule has 0 amide bonds. The van der Waals surface area contributed by atoms with E-state index >= 15 is 0 Å². The van der Waals surface area contributed by atoms with Crippen LogP contribution in [0.1, 0.15) is 25.5 Å². The molecule has 0 spiro atoms. The van der Waals surface area contributed by atoms with Crippen molar-refractivity contribution in [3.63, 3.8) is 0 Å². The molecule has 120 valence electrons. The minimum absolute atomic E-state index is 0.0976. The van der Waals surface area contributed by atoms with Crippen molar-refractivity contribution in [3.05, 3.63) is 18.0 Å². The number of piperidine rings is 1. The Morgan fingerprint density at radius 1 is 1.43 bits per heavy atom. The van der Waals surface area contributed by atoms with Gasteiger partial charge in [0.1, 0.15) is 0 Å². The molecule has 1 aliphatic rings. The highest BCUT2D eigenvalue weighted by Gasteiger charge is 2.31. The lowest BCUT2D eigenvalue weighted by molar-refractivity contribution is 0.176. The summed E-state index contributed by atoms with van der Waals surface area (Å²) >= 11 is 0. The molecule has 2 heterocycles. The Labute approximate surface area is 127 Å². The van der Waals surface area contributed by atoms with Crippen molar-refractivity contribution in [1.82, 2.24) is 19.5 Å². The van der Waals surface area contributed by atoms with Crippen LogP contribution in [0.5, 0.6) is 0 Å². The fraction of sp³-hybridized carbons (Fsp3) is 0.714. The van der Waals surface area contributed by atoms with E-state index in [4.69, 9.17) is 0 Å². The van der Waals surface area contributed by atoms with E-state index in [1.165, 1.54) is 0 Å². The highest BCUT2D eigenvalue weighted by Crippen LogP contribution is 2.23. The summed E-state index contributed by atoms with van der Waals surface area (Å²) in [5.74, 6) is 0. The molecule has 2 rings (SSSR count). The van der Waals surface area contributed by atoms with Gasteiger partial charge in [-0.25, -0.2) is 8.42 Å². The Balaban J connectivity index is 2.07. The maximum atomic E-state index is 12.7. The first-order valence-corrected chi connectivity index (χ1v) is 8.95. The molecule has 21 heavy (non-hydrogen) atoms. The molecule has 6 nitrogen and oxygen atoms in total. The molecule has 1 saturated heterocycles. The van der Waals surface area contributed by atoms with Crippen molar-refractivity contribution < 1.29 is 8.42 Å². The highest BCUT2D eigenvalue weighted by molar-refractivity contribution is 7.89. The van der Waals surface area contributed by atoms with Crippen LogP contribution in [0, 0.1) is 0 Å². The molecule has 2 N–H and O–H groups in total. The predicted octanol–water partition coefficient (Wildman–Crippen LogP) is 0.839. The summed E-state index contributed by atoms with van der Waals surface area (Å²) in [4.78, 5) is 5.72. The second-order valence-electron chi connectivity index (χ2n) is 5.58. The summed E-state index contributed by atoms with van der Waals surface area (Å²) in [7, 11) is 0.132. The van der Waals surface area contributed by atoms with Crippen LogP contribution in [-0.4, -0.2) is 62.4 Å². The summed E-state index contributed by atoms with van der Waals surface area (Å²) in [6.45, 7) is 5.75. The van der Waals surface area contributed by atoms with E-state index in [0.29, 0.717) is 11.4 Å². The number of aromatic nitrogens is 1. The fourth-order valence-corrected chi connectivity index (χ4v) is 4.26. The summed E-state index contributed by atoms with van der Waals surface area (Å²) in [6, 6.07) is 1.81. The van der Waals surface area contributed by atoms with E-state index in [9.17, 15) is 8.42 Å². The number of aromatic amines is 1. The third kappa shape index (κ3) is 3.66. The smallest absolute Gasteiger partial charge is 0.244 e. The Morgan fingerprint density at radius 2 is 2.10 bits per heavy atom. The zero-order valence-electron chi connectivity index (χ0n) is 13.1. The zero-order chi connectivity index (χ0) is 15.5. The number of hydrogen-bond donors (Lipinski definition) is 2. The molecular formula is C14H26N4O2S. The maximum absolute atomic E-state index is 12.7. The Bertz CT molecular complexity index is 547. The van der Waals surface area contributed by atoms with Crippen LogP contribution in [0.25, 0.3) is 0 Å². The molecular weight excluding hydrogens is 288 g/mol.